The van der Waals surface area contributed by atoms with Gasteiger partial charge in [-0.1, -0.05) is 0 Å². The van der Waals surface area contributed by atoms with Gasteiger partial charge in [0.2, 0.25) is 0 Å². The number of ether oxygens (including phenoxy) is 1. The summed E-state index contributed by atoms with van der Waals surface area (Å²) in [6.45, 7) is 5.48. The topological polar surface area (TPSA) is 67.6 Å². The minimum absolute atomic E-state index is 0.330. The summed E-state index contributed by atoms with van der Waals surface area (Å²) in [5.41, 5.74) is 8.03. The van der Waals surface area contributed by atoms with Crippen molar-refractivity contribution in [1.29, 1.82) is 0 Å². The number of benzene rings is 1. The van der Waals surface area contributed by atoms with Crippen LogP contribution in [0.1, 0.15) is 37.0 Å². The van der Waals surface area contributed by atoms with Gasteiger partial charge in [-0.15, -0.1) is 0 Å². The van der Waals surface area contributed by atoms with Gasteiger partial charge in [0, 0.05) is 18.6 Å². The number of esters is 1. The Kier molecular flexibility index (Phi) is 5.07. The lowest BCUT2D eigenvalue weighted by molar-refractivity contribution is 0.0526. The maximum atomic E-state index is 11.7. The van der Waals surface area contributed by atoms with Gasteiger partial charge in [-0.25, -0.2) is 4.79 Å². The van der Waals surface area contributed by atoms with Crippen molar-refractivity contribution >= 4 is 17.3 Å². The first-order valence-electron chi connectivity index (χ1n) is 7.54. The van der Waals surface area contributed by atoms with Crippen LogP contribution in [-0.4, -0.2) is 43.2 Å². The highest BCUT2D eigenvalue weighted by atomic mass is 16.5. The maximum Gasteiger partial charge on any atom is 0.338 e. The van der Waals surface area contributed by atoms with Crippen LogP contribution in [0.2, 0.25) is 0 Å². The molecule has 1 aromatic rings. The second kappa shape index (κ2) is 6.80. The van der Waals surface area contributed by atoms with E-state index in [1.54, 1.807) is 19.1 Å². The van der Waals surface area contributed by atoms with E-state index in [4.69, 9.17) is 10.5 Å². The normalized spacial score (nSPS) is 22.8. The summed E-state index contributed by atoms with van der Waals surface area (Å²) in [5, 5.41) is 3.49. The molecular weight excluding hydrogens is 266 g/mol. The average molecular weight is 291 g/mol. The second-order valence-electron chi connectivity index (χ2n) is 5.72. The third-order valence-electron chi connectivity index (χ3n) is 4.13. The summed E-state index contributed by atoms with van der Waals surface area (Å²) in [6.07, 6.45) is 2.19. The molecule has 1 fully saturated rings. The summed E-state index contributed by atoms with van der Waals surface area (Å²) in [7, 11) is 2.16. The molecule has 2 rings (SSSR count). The molecule has 2 atom stereocenters. The van der Waals surface area contributed by atoms with Crippen LogP contribution in [0, 0.1) is 0 Å². The van der Waals surface area contributed by atoms with Crippen LogP contribution < -0.4 is 11.1 Å². The van der Waals surface area contributed by atoms with E-state index in [0.717, 1.165) is 25.1 Å². The van der Waals surface area contributed by atoms with Crippen LogP contribution in [0.25, 0.3) is 0 Å². The molecule has 0 bridgehead atoms. The van der Waals surface area contributed by atoms with Crippen molar-refractivity contribution in [3.63, 3.8) is 0 Å². The monoisotopic (exact) mass is 291 g/mol. The molecule has 116 valence electrons. The number of carbonyl (C=O) groups excluding carboxylic acids is 1. The zero-order valence-electron chi connectivity index (χ0n) is 13.1. The van der Waals surface area contributed by atoms with Crippen LogP contribution >= 0.6 is 0 Å². The van der Waals surface area contributed by atoms with Gasteiger partial charge in [-0.3, -0.25) is 0 Å². The van der Waals surface area contributed by atoms with Crippen molar-refractivity contribution in [2.45, 2.75) is 38.8 Å². The van der Waals surface area contributed by atoms with Crippen LogP contribution in [0.3, 0.4) is 0 Å². The summed E-state index contributed by atoms with van der Waals surface area (Å²) in [5.74, 6) is -0.330. The van der Waals surface area contributed by atoms with Gasteiger partial charge >= 0.3 is 5.97 Å². The minimum Gasteiger partial charge on any atom is -0.462 e. The van der Waals surface area contributed by atoms with E-state index >= 15 is 0 Å². The van der Waals surface area contributed by atoms with Crippen LogP contribution in [0.15, 0.2) is 18.2 Å². The number of carbonyl (C=O) groups is 1. The first-order valence-corrected chi connectivity index (χ1v) is 7.54. The number of nitrogens with zero attached hydrogens (tertiary/aromatic N) is 1. The van der Waals surface area contributed by atoms with Gasteiger partial charge in [-0.2, -0.15) is 0 Å². The lowest BCUT2D eigenvalue weighted by atomic mass is 9.98. The van der Waals surface area contributed by atoms with E-state index in [-0.39, 0.29) is 5.97 Å². The SMILES string of the molecule is CCOC(=O)c1ccc(NC2CCN(C)C(C)C2)c(N)c1. The quantitative estimate of drug-likeness (QED) is 0.658. The molecule has 1 saturated heterocycles. The summed E-state index contributed by atoms with van der Waals surface area (Å²) in [4.78, 5) is 14.0. The molecule has 21 heavy (non-hydrogen) atoms. The summed E-state index contributed by atoms with van der Waals surface area (Å²) < 4.78 is 4.98. The van der Waals surface area contributed by atoms with E-state index in [0.29, 0.717) is 29.9 Å². The van der Waals surface area contributed by atoms with Crippen molar-refractivity contribution in [3.8, 4) is 0 Å². The van der Waals surface area contributed by atoms with E-state index in [1.807, 2.05) is 6.07 Å². The Morgan fingerprint density at radius 2 is 2.29 bits per heavy atom. The predicted molar refractivity (Wildman–Crippen MR) is 85.5 cm³/mol. The van der Waals surface area contributed by atoms with Gasteiger partial charge in [0.15, 0.2) is 0 Å². The zero-order valence-corrected chi connectivity index (χ0v) is 13.1. The lowest BCUT2D eigenvalue weighted by Gasteiger charge is -2.36. The Morgan fingerprint density at radius 1 is 1.52 bits per heavy atom. The fourth-order valence-electron chi connectivity index (χ4n) is 2.68. The number of hydrogen-bond acceptors (Lipinski definition) is 5. The molecule has 1 aliphatic heterocycles. The molecule has 0 spiro atoms. The molecule has 0 saturated carbocycles. The molecular formula is C16H25N3O2. The molecule has 3 N–H and O–H groups in total. The molecule has 1 heterocycles. The first-order chi connectivity index (χ1) is 10.0. The van der Waals surface area contributed by atoms with E-state index in [9.17, 15) is 4.79 Å². The van der Waals surface area contributed by atoms with Crippen LogP contribution in [0.5, 0.6) is 0 Å². The Hall–Kier alpha value is -1.75. The molecule has 0 aliphatic carbocycles. The Morgan fingerprint density at radius 3 is 2.90 bits per heavy atom. The Labute approximate surface area is 126 Å². The van der Waals surface area contributed by atoms with Gasteiger partial charge in [-0.05, 0) is 51.9 Å². The standard InChI is InChI=1S/C16H25N3O2/c1-4-21-16(20)12-5-6-15(14(17)10-12)18-13-7-8-19(3)11(2)9-13/h5-6,10-11,13,18H,4,7-9,17H2,1-3H3. The van der Waals surface area contributed by atoms with E-state index < -0.39 is 0 Å². The number of anilines is 2. The third-order valence-corrected chi connectivity index (χ3v) is 4.13. The van der Waals surface area contributed by atoms with Gasteiger partial charge < -0.3 is 20.7 Å². The fraction of sp³-hybridized carbons (Fsp3) is 0.562. The third kappa shape index (κ3) is 3.88. The number of nitrogen functional groups attached to an aromatic ring is 1. The smallest absolute Gasteiger partial charge is 0.338 e. The second-order valence-corrected chi connectivity index (χ2v) is 5.72. The summed E-state index contributed by atoms with van der Waals surface area (Å²) in [6, 6.07) is 6.29. The fourth-order valence-corrected chi connectivity index (χ4v) is 2.68. The van der Waals surface area contributed by atoms with Crippen molar-refractivity contribution < 1.29 is 9.53 Å². The van der Waals surface area contributed by atoms with Crippen molar-refractivity contribution in [2.75, 3.05) is 31.2 Å². The molecule has 1 aromatic carbocycles. The molecule has 0 aromatic heterocycles. The highest BCUT2D eigenvalue weighted by Crippen LogP contribution is 2.25. The number of rotatable bonds is 4. The average Bonchev–Trinajstić information content (AvgIpc) is 2.45. The van der Waals surface area contributed by atoms with Crippen LogP contribution in [0.4, 0.5) is 11.4 Å². The lowest BCUT2D eigenvalue weighted by Crippen LogP contribution is -2.42. The Balaban J connectivity index is 2.03. The van der Waals surface area contributed by atoms with Gasteiger partial charge in [0.1, 0.15) is 0 Å². The number of likely N-dealkylation sites (tertiary alicyclic amines) is 1. The minimum atomic E-state index is -0.330. The number of nitrogens with two attached hydrogens (primary N) is 1. The maximum absolute atomic E-state index is 11.7. The molecule has 0 radical (unpaired) electrons. The van der Waals surface area contributed by atoms with E-state index in [1.165, 1.54) is 0 Å². The predicted octanol–water partition coefficient (Wildman–Crippen LogP) is 2.34. The number of piperidine rings is 1. The van der Waals surface area contributed by atoms with E-state index in [2.05, 4.69) is 24.2 Å². The number of hydrogen-bond donors (Lipinski definition) is 2. The van der Waals surface area contributed by atoms with Crippen LogP contribution in [-0.2, 0) is 4.74 Å². The highest BCUT2D eigenvalue weighted by Gasteiger charge is 2.23. The van der Waals surface area contributed by atoms with Crippen molar-refractivity contribution in [1.82, 2.24) is 4.90 Å². The molecule has 5 heteroatoms. The molecule has 2 unspecified atom stereocenters. The summed E-state index contributed by atoms with van der Waals surface area (Å²) >= 11 is 0. The Bertz CT molecular complexity index is 504. The zero-order chi connectivity index (χ0) is 15.4. The van der Waals surface area contributed by atoms with Crippen molar-refractivity contribution in [3.05, 3.63) is 23.8 Å². The number of nitrogens with one attached hydrogen (secondary N) is 1. The van der Waals surface area contributed by atoms with Gasteiger partial charge in [0.25, 0.3) is 0 Å². The first kappa shape index (κ1) is 15.6. The largest absolute Gasteiger partial charge is 0.462 e. The molecule has 0 amide bonds. The molecule has 5 nitrogen and oxygen atoms in total. The van der Waals surface area contributed by atoms with Gasteiger partial charge in [0.05, 0.1) is 23.5 Å². The van der Waals surface area contributed by atoms with Crippen molar-refractivity contribution in [2.24, 2.45) is 0 Å². The highest BCUT2D eigenvalue weighted by molar-refractivity contribution is 5.91. The molecule has 1 aliphatic rings.